The molecule has 0 spiro atoms. The Morgan fingerprint density at radius 3 is 2.52 bits per heavy atom. The summed E-state index contributed by atoms with van der Waals surface area (Å²) >= 11 is 9.13. The molecule has 2 N–H and O–H groups in total. The molecule has 0 bridgehead atoms. The largest absolute Gasteiger partial charge is 0.273 e. The molecule has 0 atom stereocenters. The zero-order valence-corrected chi connectivity index (χ0v) is 14.4. The van der Waals surface area contributed by atoms with Crippen LogP contribution in [0.4, 0.5) is 0 Å². The van der Waals surface area contributed by atoms with Crippen LogP contribution in [0.1, 0.15) is 11.1 Å². The lowest BCUT2D eigenvalue weighted by Crippen LogP contribution is -2.41. The van der Waals surface area contributed by atoms with Crippen molar-refractivity contribution in [3.8, 4) is 0 Å². The van der Waals surface area contributed by atoms with Crippen LogP contribution >= 0.6 is 27.5 Å². The van der Waals surface area contributed by atoms with E-state index in [4.69, 9.17) is 11.6 Å². The minimum Gasteiger partial charge on any atom is -0.273 e. The van der Waals surface area contributed by atoms with Crippen molar-refractivity contribution in [3.63, 3.8) is 0 Å². The van der Waals surface area contributed by atoms with Gasteiger partial charge in [0.2, 0.25) is 5.91 Å². The van der Waals surface area contributed by atoms with Crippen LogP contribution in [0.25, 0.3) is 6.08 Å². The Kier molecular flexibility index (Phi) is 6.38. The maximum atomic E-state index is 11.7. The van der Waals surface area contributed by atoms with Crippen LogP contribution in [0.2, 0.25) is 5.02 Å². The Hall–Kier alpha value is -2.11. The Morgan fingerprint density at radius 1 is 1.09 bits per heavy atom. The third kappa shape index (κ3) is 6.26. The average Bonchev–Trinajstić information content (AvgIpc) is 2.53. The summed E-state index contributed by atoms with van der Waals surface area (Å²) in [5, 5.41) is 0.611. The van der Waals surface area contributed by atoms with E-state index >= 15 is 0 Å². The fourth-order valence-electron chi connectivity index (χ4n) is 1.79. The second-order valence-corrected chi connectivity index (χ2v) is 6.08. The van der Waals surface area contributed by atoms with Crippen LogP contribution in [0.5, 0.6) is 0 Å². The molecule has 118 valence electrons. The van der Waals surface area contributed by atoms with Gasteiger partial charge in [0, 0.05) is 15.6 Å². The minimum atomic E-state index is -0.408. The molecular formula is C17H14BrClN2O2. The highest BCUT2D eigenvalue weighted by Crippen LogP contribution is 2.12. The van der Waals surface area contributed by atoms with Crippen LogP contribution in [0.15, 0.2) is 59.1 Å². The molecule has 0 radical (unpaired) electrons. The van der Waals surface area contributed by atoms with E-state index in [1.807, 2.05) is 24.3 Å². The lowest BCUT2D eigenvalue weighted by atomic mass is 10.1. The van der Waals surface area contributed by atoms with Crippen molar-refractivity contribution in [1.29, 1.82) is 0 Å². The summed E-state index contributed by atoms with van der Waals surface area (Å²) < 4.78 is 0.927. The molecule has 23 heavy (non-hydrogen) atoms. The normalized spacial score (nSPS) is 10.5. The van der Waals surface area contributed by atoms with Crippen LogP contribution in [-0.2, 0) is 16.0 Å². The van der Waals surface area contributed by atoms with Crippen LogP contribution in [-0.4, -0.2) is 11.8 Å². The highest BCUT2D eigenvalue weighted by atomic mass is 79.9. The number of carbonyl (C=O) groups is 2. The molecule has 2 amide bonds. The van der Waals surface area contributed by atoms with E-state index in [2.05, 4.69) is 26.8 Å². The molecule has 0 saturated carbocycles. The van der Waals surface area contributed by atoms with E-state index in [-0.39, 0.29) is 12.3 Å². The minimum absolute atomic E-state index is 0.160. The summed E-state index contributed by atoms with van der Waals surface area (Å²) in [6, 6.07) is 14.5. The fourth-order valence-corrected chi connectivity index (χ4v) is 2.33. The van der Waals surface area contributed by atoms with Gasteiger partial charge in [-0.25, -0.2) is 0 Å². The zero-order valence-electron chi connectivity index (χ0n) is 12.1. The molecule has 0 unspecified atom stereocenters. The summed E-state index contributed by atoms with van der Waals surface area (Å²) in [6.07, 6.45) is 3.17. The SMILES string of the molecule is O=C(/C=C/c1cccc(Br)c1)NNC(=O)Cc1ccc(Cl)cc1. The highest BCUT2D eigenvalue weighted by molar-refractivity contribution is 9.10. The van der Waals surface area contributed by atoms with Gasteiger partial charge in [0.05, 0.1) is 6.42 Å². The maximum absolute atomic E-state index is 11.7. The van der Waals surface area contributed by atoms with Crippen molar-refractivity contribution >= 4 is 45.4 Å². The number of benzene rings is 2. The number of halogens is 2. The van der Waals surface area contributed by atoms with Crippen molar-refractivity contribution < 1.29 is 9.59 Å². The van der Waals surface area contributed by atoms with Gasteiger partial charge in [0.1, 0.15) is 0 Å². The molecule has 2 aromatic carbocycles. The van der Waals surface area contributed by atoms with E-state index in [1.54, 1.807) is 30.3 Å². The summed E-state index contributed by atoms with van der Waals surface area (Å²) in [6.45, 7) is 0. The van der Waals surface area contributed by atoms with Gasteiger partial charge in [-0.3, -0.25) is 20.4 Å². The van der Waals surface area contributed by atoms with E-state index in [0.717, 1.165) is 15.6 Å². The first-order valence-electron chi connectivity index (χ1n) is 6.80. The lowest BCUT2D eigenvalue weighted by molar-refractivity contribution is -0.126. The van der Waals surface area contributed by atoms with Crippen LogP contribution in [0, 0.1) is 0 Å². The standard InChI is InChI=1S/C17H14BrClN2O2/c18-14-3-1-2-12(10-14)6-9-16(22)20-21-17(23)11-13-4-7-15(19)8-5-13/h1-10H,11H2,(H,20,22)(H,21,23)/b9-6+. The predicted octanol–water partition coefficient (Wildman–Crippen LogP) is 3.51. The second kappa shape index (κ2) is 8.50. The highest BCUT2D eigenvalue weighted by Gasteiger charge is 2.04. The van der Waals surface area contributed by atoms with Gasteiger partial charge >= 0.3 is 0 Å². The first-order chi connectivity index (χ1) is 11.0. The first-order valence-corrected chi connectivity index (χ1v) is 7.97. The number of hydrogen-bond donors (Lipinski definition) is 2. The number of nitrogens with one attached hydrogen (secondary N) is 2. The topological polar surface area (TPSA) is 58.2 Å². The molecule has 0 aromatic heterocycles. The Bertz CT molecular complexity index is 730. The van der Waals surface area contributed by atoms with Crippen LogP contribution in [0.3, 0.4) is 0 Å². The van der Waals surface area contributed by atoms with Gasteiger partial charge in [-0.2, -0.15) is 0 Å². The van der Waals surface area contributed by atoms with E-state index < -0.39 is 5.91 Å². The van der Waals surface area contributed by atoms with E-state index in [0.29, 0.717) is 5.02 Å². The fraction of sp³-hybridized carbons (Fsp3) is 0.0588. The monoisotopic (exact) mass is 392 g/mol. The maximum Gasteiger partial charge on any atom is 0.262 e. The third-order valence-corrected chi connectivity index (χ3v) is 3.62. The number of hydrogen-bond acceptors (Lipinski definition) is 2. The summed E-state index contributed by atoms with van der Waals surface area (Å²) in [5.41, 5.74) is 6.38. The Labute approximate surface area is 147 Å². The molecule has 6 heteroatoms. The van der Waals surface area contributed by atoms with E-state index in [9.17, 15) is 9.59 Å². The van der Waals surface area contributed by atoms with Crippen molar-refractivity contribution in [2.24, 2.45) is 0 Å². The zero-order chi connectivity index (χ0) is 16.7. The van der Waals surface area contributed by atoms with Crippen molar-refractivity contribution in [2.75, 3.05) is 0 Å². The summed E-state index contributed by atoms with van der Waals surface area (Å²) in [4.78, 5) is 23.4. The van der Waals surface area contributed by atoms with Crippen molar-refractivity contribution in [2.45, 2.75) is 6.42 Å². The Balaban J connectivity index is 1.79. The molecule has 0 aliphatic heterocycles. The average molecular weight is 394 g/mol. The number of amides is 2. The van der Waals surface area contributed by atoms with Gasteiger partial charge in [-0.05, 0) is 41.5 Å². The van der Waals surface area contributed by atoms with Crippen molar-refractivity contribution in [1.82, 2.24) is 10.9 Å². The second-order valence-electron chi connectivity index (χ2n) is 4.73. The summed E-state index contributed by atoms with van der Waals surface area (Å²) in [7, 11) is 0. The predicted molar refractivity (Wildman–Crippen MR) is 94.6 cm³/mol. The molecule has 2 aromatic rings. The van der Waals surface area contributed by atoms with Gasteiger partial charge in [-0.15, -0.1) is 0 Å². The van der Waals surface area contributed by atoms with Crippen LogP contribution < -0.4 is 10.9 Å². The van der Waals surface area contributed by atoms with Gasteiger partial charge in [0.25, 0.3) is 5.91 Å². The third-order valence-electron chi connectivity index (χ3n) is 2.88. The number of carbonyl (C=O) groups excluding carboxylic acids is 2. The molecule has 0 saturated heterocycles. The quantitative estimate of drug-likeness (QED) is 0.617. The number of rotatable bonds is 4. The van der Waals surface area contributed by atoms with Crippen molar-refractivity contribution in [3.05, 3.63) is 75.2 Å². The first kappa shape index (κ1) is 17.2. The molecule has 4 nitrogen and oxygen atoms in total. The van der Waals surface area contributed by atoms with Gasteiger partial charge in [0.15, 0.2) is 0 Å². The number of hydrazine groups is 1. The molecule has 0 fully saturated rings. The van der Waals surface area contributed by atoms with Gasteiger partial charge in [-0.1, -0.05) is 51.8 Å². The molecule has 2 rings (SSSR count). The molecule has 0 heterocycles. The summed E-state index contributed by atoms with van der Waals surface area (Å²) in [5.74, 6) is -0.717. The lowest BCUT2D eigenvalue weighted by Gasteiger charge is -2.05. The molecule has 0 aliphatic rings. The molecule has 0 aliphatic carbocycles. The smallest absolute Gasteiger partial charge is 0.262 e. The Morgan fingerprint density at radius 2 is 1.83 bits per heavy atom. The van der Waals surface area contributed by atoms with E-state index in [1.165, 1.54) is 6.08 Å². The van der Waals surface area contributed by atoms with Gasteiger partial charge < -0.3 is 0 Å². The molecular weight excluding hydrogens is 380 g/mol.